The van der Waals surface area contributed by atoms with Crippen molar-refractivity contribution >= 4 is 0 Å². The Morgan fingerprint density at radius 2 is 1.57 bits per heavy atom. The molecule has 2 atom stereocenters. The molecule has 86 valence electrons. The van der Waals surface area contributed by atoms with Crippen LogP contribution in [0.4, 0.5) is 0 Å². The number of hydrogen-bond donors (Lipinski definition) is 1. The van der Waals surface area contributed by atoms with Crippen LogP contribution in [0.25, 0.3) is 0 Å². The summed E-state index contributed by atoms with van der Waals surface area (Å²) in [6.07, 6.45) is 2.41. The highest BCUT2D eigenvalue weighted by Gasteiger charge is 2.33. The zero-order valence-corrected chi connectivity index (χ0v) is 10.6. The van der Waals surface area contributed by atoms with Gasteiger partial charge in [-0.2, -0.15) is 0 Å². The fourth-order valence-electron chi connectivity index (χ4n) is 2.17. The zero-order valence-electron chi connectivity index (χ0n) is 10.6. The van der Waals surface area contributed by atoms with Crippen LogP contribution in [-0.4, -0.2) is 19.3 Å². The van der Waals surface area contributed by atoms with Crippen LogP contribution in [0.2, 0.25) is 0 Å². The number of rotatable bonds is 5. The standard InChI is InChI=1S/C12H27NO/c1-7-9(8-2)10(13)11(14-6)12(3,4)5/h9-11H,7-8,13H2,1-6H3. The minimum Gasteiger partial charge on any atom is -0.379 e. The maximum absolute atomic E-state index is 6.25. The van der Waals surface area contributed by atoms with Crippen LogP contribution in [0.15, 0.2) is 0 Å². The van der Waals surface area contributed by atoms with Gasteiger partial charge in [-0.25, -0.2) is 0 Å². The smallest absolute Gasteiger partial charge is 0.0772 e. The fraction of sp³-hybridized carbons (Fsp3) is 1.00. The summed E-state index contributed by atoms with van der Waals surface area (Å²) in [6, 6.07) is 0.148. The first kappa shape index (κ1) is 13.9. The van der Waals surface area contributed by atoms with E-state index in [9.17, 15) is 0 Å². The molecule has 0 aromatic rings. The van der Waals surface area contributed by atoms with E-state index < -0.39 is 0 Å². The highest BCUT2D eigenvalue weighted by Crippen LogP contribution is 2.28. The van der Waals surface area contributed by atoms with Crippen molar-refractivity contribution in [3.05, 3.63) is 0 Å². The second-order valence-electron chi connectivity index (χ2n) is 5.18. The van der Waals surface area contributed by atoms with Crippen molar-refractivity contribution in [2.75, 3.05) is 7.11 Å². The number of methoxy groups -OCH3 is 1. The summed E-state index contributed by atoms with van der Waals surface area (Å²) in [4.78, 5) is 0. The van der Waals surface area contributed by atoms with E-state index in [0.717, 1.165) is 12.8 Å². The van der Waals surface area contributed by atoms with Gasteiger partial charge in [0.15, 0.2) is 0 Å². The third-order valence-electron chi connectivity index (χ3n) is 3.05. The maximum atomic E-state index is 6.25. The van der Waals surface area contributed by atoms with Gasteiger partial charge in [0.05, 0.1) is 6.10 Å². The van der Waals surface area contributed by atoms with Gasteiger partial charge >= 0.3 is 0 Å². The molecule has 0 heterocycles. The topological polar surface area (TPSA) is 35.2 Å². The molecule has 0 saturated heterocycles. The van der Waals surface area contributed by atoms with Gasteiger partial charge in [0, 0.05) is 13.2 Å². The fourth-order valence-corrected chi connectivity index (χ4v) is 2.17. The first-order chi connectivity index (χ1) is 6.38. The number of ether oxygens (including phenoxy) is 1. The molecule has 2 nitrogen and oxygen atoms in total. The SMILES string of the molecule is CCC(CC)C(N)C(OC)C(C)(C)C. The molecular formula is C12H27NO. The average molecular weight is 201 g/mol. The molecule has 0 spiro atoms. The molecule has 0 rings (SSSR count). The molecule has 0 aliphatic heterocycles. The van der Waals surface area contributed by atoms with Gasteiger partial charge in [-0.05, 0) is 11.3 Å². The largest absolute Gasteiger partial charge is 0.379 e. The molecule has 0 bridgehead atoms. The van der Waals surface area contributed by atoms with E-state index in [2.05, 4.69) is 34.6 Å². The van der Waals surface area contributed by atoms with E-state index in [1.165, 1.54) is 0 Å². The molecule has 0 aliphatic carbocycles. The highest BCUT2D eigenvalue weighted by molar-refractivity contribution is 4.87. The minimum atomic E-state index is 0.122. The van der Waals surface area contributed by atoms with E-state index >= 15 is 0 Å². The van der Waals surface area contributed by atoms with E-state index in [-0.39, 0.29) is 17.6 Å². The van der Waals surface area contributed by atoms with E-state index in [1.54, 1.807) is 7.11 Å². The van der Waals surface area contributed by atoms with Crippen molar-refractivity contribution in [2.45, 2.75) is 59.6 Å². The Hall–Kier alpha value is -0.0800. The Labute approximate surface area is 89.2 Å². The molecule has 2 unspecified atom stereocenters. The predicted molar refractivity (Wildman–Crippen MR) is 62.3 cm³/mol. The number of nitrogens with two attached hydrogens (primary N) is 1. The van der Waals surface area contributed by atoms with E-state index in [4.69, 9.17) is 10.5 Å². The zero-order chi connectivity index (χ0) is 11.4. The van der Waals surface area contributed by atoms with Crippen LogP contribution in [-0.2, 0) is 4.74 Å². The first-order valence-electron chi connectivity index (χ1n) is 5.66. The van der Waals surface area contributed by atoms with Crippen molar-refractivity contribution in [2.24, 2.45) is 17.1 Å². The molecule has 0 aromatic heterocycles. The molecule has 0 fully saturated rings. The lowest BCUT2D eigenvalue weighted by atomic mass is 9.78. The first-order valence-corrected chi connectivity index (χ1v) is 5.66. The number of hydrogen-bond acceptors (Lipinski definition) is 2. The second kappa shape index (κ2) is 5.72. The van der Waals surface area contributed by atoms with Gasteiger partial charge in [-0.1, -0.05) is 47.5 Å². The van der Waals surface area contributed by atoms with Gasteiger partial charge in [-0.3, -0.25) is 0 Å². The van der Waals surface area contributed by atoms with Gasteiger partial charge in [0.25, 0.3) is 0 Å². The molecule has 0 aliphatic rings. The van der Waals surface area contributed by atoms with Crippen molar-refractivity contribution in [1.29, 1.82) is 0 Å². The highest BCUT2D eigenvalue weighted by atomic mass is 16.5. The molecule has 14 heavy (non-hydrogen) atoms. The Balaban J connectivity index is 4.52. The molecule has 0 aromatic carbocycles. The summed E-state index contributed by atoms with van der Waals surface area (Å²) in [6.45, 7) is 10.9. The van der Waals surface area contributed by atoms with Gasteiger partial charge in [0.1, 0.15) is 0 Å². The summed E-state index contributed by atoms with van der Waals surface area (Å²) < 4.78 is 5.54. The van der Waals surface area contributed by atoms with Crippen molar-refractivity contribution in [1.82, 2.24) is 0 Å². The lowest BCUT2D eigenvalue weighted by Crippen LogP contribution is -2.48. The normalized spacial score (nSPS) is 17.1. The molecular weight excluding hydrogens is 174 g/mol. The summed E-state index contributed by atoms with van der Waals surface area (Å²) in [5, 5.41) is 0. The van der Waals surface area contributed by atoms with E-state index in [0.29, 0.717) is 5.92 Å². The van der Waals surface area contributed by atoms with E-state index in [1.807, 2.05) is 0 Å². The summed E-state index contributed by atoms with van der Waals surface area (Å²) in [5.74, 6) is 0.569. The second-order valence-corrected chi connectivity index (χ2v) is 5.18. The van der Waals surface area contributed by atoms with Gasteiger partial charge in [-0.15, -0.1) is 0 Å². The van der Waals surface area contributed by atoms with Crippen molar-refractivity contribution in [3.63, 3.8) is 0 Å². The van der Waals surface area contributed by atoms with Crippen molar-refractivity contribution < 1.29 is 4.74 Å². The summed E-state index contributed by atoms with van der Waals surface area (Å²) >= 11 is 0. The molecule has 0 saturated carbocycles. The average Bonchev–Trinajstić information content (AvgIpc) is 2.05. The van der Waals surface area contributed by atoms with Crippen LogP contribution in [0.3, 0.4) is 0 Å². The summed E-state index contributed by atoms with van der Waals surface area (Å²) in [7, 11) is 1.76. The Morgan fingerprint density at radius 3 is 1.79 bits per heavy atom. The summed E-state index contributed by atoms with van der Waals surface area (Å²) in [5.41, 5.74) is 6.38. The Bertz CT molecular complexity index is 147. The third-order valence-corrected chi connectivity index (χ3v) is 3.05. The predicted octanol–water partition coefficient (Wildman–Crippen LogP) is 2.81. The maximum Gasteiger partial charge on any atom is 0.0772 e. The third kappa shape index (κ3) is 3.58. The lowest BCUT2D eigenvalue weighted by molar-refractivity contribution is -0.0166. The Kier molecular flexibility index (Phi) is 5.68. The molecule has 2 heteroatoms. The van der Waals surface area contributed by atoms with Crippen LogP contribution >= 0.6 is 0 Å². The molecule has 0 amide bonds. The molecule has 2 N–H and O–H groups in total. The van der Waals surface area contributed by atoms with Gasteiger partial charge < -0.3 is 10.5 Å². The molecule has 0 radical (unpaired) electrons. The Morgan fingerprint density at radius 1 is 1.14 bits per heavy atom. The monoisotopic (exact) mass is 201 g/mol. The van der Waals surface area contributed by atoms with Crippen LogP contribution < -0.4 is 5.73 Å². The minimum absolute atomic E-state index is 0.122. The lowest BCUT2D eigenvalue weighted by Gasteiger charge is -2.37. The van der Waals surface area contributed by atoms with Crippen LogP contribution in [0, 0.1) is 11.3 Å². The van der Waals surface area contributed by atoms with Gasteiger partial charge in [0.2, 0.25) is 0 Å². The van der Waals surface area contributed by atoms with Crippen LogP contribution in [0.1, 0.15) is 47.5 Å². The van der Waals surface area contributed by atoms with Crippen molar-refractivity contribution in [3.8, 4) is 0 Å². The quantitative estimate of drug-likeness (QED) is 0.742. The van der Waals surface area contributed by atoms with Crippen LogP contribution in [0.5, 0.6) is 0 Å².